The first-order chi connectivity index (χ1) is 14.4. The van der Waals surface area contributed by atoms with Crippen molar-refractivity contribution in [1.82, 2.24) is 14.9 Å². The summed E-state index contributed by atoms with van der Waals surface area (Å²) in [5.41, 5.74) is 3.37. The van der Waals surface area contributed by atoms with Crippen LogP contribution in [-0.4, -0.2) is 45.3 Å². The number of fused-ring (bicyclic) bond motifs is 3. The Morgan fingerprint density at radius 1 is 1.07 bits per heavy atom. The van der Waals surface area contributed by atoms with Crippen LogP contribution in [0.4, 0.5) is 5.69 Å². The van der Waals surface area contributed by atoms with E-state index in [2.05, 4.69) is 9.97 Å². The third kappa shape index (κ3) is 3.04. The molecular formula is C23H26N4O3. The van der Waals surface area contributed by atoms with Crippen molar-refractivity contribution in [2.75, 3.05) is 11.4 Å². The van der Waals surface area contributed by atoms with Gasteiger partial charge in [0.1, 0.15) is 5.82 Å². The highest BCUT2D eigenvalue weighted by atomic mass is 16.2. The molecule has 2 bridgehead atoms. The highest BCUT2D eigenvalue weighted by Crippen LogP contribution is 2.36. The van der Waals surface area contributed by atoms with Crippen molar-refractivity contribution >= 4 is 17.5 Å². The Hall–Kier alpha value is -2.96. The standard InChI is InChI=1S/C23H26N4O3/c1-13-5-3-4-6-20(13)26-12-15(9-21(26)28)23(30)27-16-7-8-17(27)11-19-18(10-16)22(29)25-14(2)24-19/h3-6,15-17H,7-12H2,1-2H3,(H,24,25,29)/t15-,16-,17+/m0/s1. The zero-order valence-corrected chi connectivity index (χ0v) is 17.4. The molecule has 0 unspecified atom stereocenters. The first-order valence-electron chi connectivity index (χ1n) is 10.7. The molecule has 1 aromatic heterocycles. The molecule has 7 nitrogen and oxygen atoms in total. The molecule has 1 aromatic carbocycles. The zero-order chi connectivity index (χ0) is 21.0. The van der Waals surface area contributed by atoms with E-state index >= 15 is 0 Å². The lowest BCUT2D eigenvalue weighted by molar-refractivity contribution is -0.138. The lowest BCUT2D eigenvalue weighted by Crippen LogP contribution is -2.45. The van der Waals surface area contributed by atoms with Crippen LogP contribution in [0.3, 0.4) is 0 Å². The molecular weight excluding hydrogens is 380 g/mol. The van der Waals surface area contributed by atoms with Crippen LogP contribution in [-0.2, 0) is 22.4 Å². The fourth-order valence-electron chi connectivity index (χ4n) is 5.41. The molecule has 2 aromatic rings. The number of amides is 2. The highest BCUT2D eigenvalue weighted by Gasteiger charge is 2.45. The topological polar surface area (TPSA) is 86.4 Å². The maximum atomic E-state index is 13.6. The van der Waals surface area contributed by atoms with Gasteiger partial charge in [0, 0.05) is 49.1 Å². The number of para-hydroxylation sites is 1. The second-order valence-corrected chi connectivity index (χ2v) is 8.81. The summed E-state index contributed by atoms with van der Waals surface area (Å²) in [5.74, 6) is 0.328. The van der Waals surface area contributed by atoms with E-state index in [4.69, 9.17) is 0 Å². The summed E-state index contributed by atoms with van der Waals surface area (Å²) >= 11 is 0. The number of hydrogen-bond acceptors (Lipinski definition) is 4. The van der Waals surface area contributed by atoms with Gasteiger partial charge in [-0.2, -0.15) is 0 Å². The van der Waals surface area contributed by atoms with Crippen molar-refractivity contribution in [3.8, 4) is 0 Å². The number of nitrogens with one attached hydrogen (secondary N) is 1. The largest absolute Gasteiger partial charge is 0.336 e. The summed E-state index contributed by atoms with van der Waals surface area (Å²) < 4.78 is 0. The Kier molecular flexibility index (Phi) is 4.49. The Bertz CT molecular complexity index is 1090. The van der Waals surface area contributed by atoms with Crippen LogP contribution < -0.4 is 10.5 Å². The Morgan fingerprint density at radius 2 is 1.80 bits per heavy atom. The van der Waals surface area contributed by atoms with Crippen LogP contribution in [0.5, 0.6) is 0 Å². The number of benzene rings is 1. The molecule has 3 atom stereocenters. The molecule has 156 valence electrons. The first kappa shape index (κ1) is 19.0. The minimum absolute atomic E-state index is 0.00170. The summed E-state index contributed by atoms with van der Waals surface area (Å²) in [6, 6.07) is 7.86. The van der Waals surface area contributed by atoms with Gasteiger partial charge in [-0.1, -0.05) is 18.2 Å². The average Bonchev–Trinajstić information content (AvgIpc) is 3.22. The fraction of sp³-hybridized carbons (Fsp3) is 0.478. The van der Waals surface area contributed by atoms with Gasteiger partial charge in [-0.05, 0) is 38.3 Å². The van der Waals surface area contributed by atoms with Gasteiger partial charge in [0.2, 0.25) is 11.8 Å². The molecule has 2 amide bonds. The molecule has 3 aliphatic heterocycles. The highest BCUT2D eigenvalue weighted by molar-refractivity contribution is 6.01. The number of H-pyrrole nitrogens is 1. The van der Waals surface area contributed by atoms with Gasteiger partial charge in [-0.15, -0.1) is 0 Å². The average molecular weight is 406 g/mol. The molecule has 2 fully saturated rings. The van der Waals surface area contributed by atoms with Crippen molar-refractivity contribution in [3.63, 3.8) is 0 Å². The SMILES string of the molecule is Cc1nc2c(c(=O)[nH]1)C[C@@H]1CC[C@H](C2)N1C(=O)[C@H]1CC(=O)N(c2ccccc2C)C1. The quantitative estimate of drug-likeness (QED) is 0.825. The zero-order valence-electron chi connectivity index (χ0n) is 17.4. The molecule has 0 spiro atoms. The normalized spacial score (nSPS) is 25.4. The fourth-order valence-corrected chi connectivity index (χ4v) is 5.41. The minimum atomic E-state index is -0.339. The smallest absolute Gasteiger partial charge is 0.254 e. The second kappa shape index (κ2) is 7.07. The molecule has 5 rings (SSSR count). The Balaban J connectivity index is 1.40. The van der Waals surface area contributed by atoms with Crippen molar-refractivity contribution in [1.29, 1.82) is 0 Å². The van der Waals surface area contributed by atoms with E-state index < -0.39 is 0 Å². The van der Waals surface area contributed by atoms with Crippen LogP contribution in [0.1, 0.15) is 41.9 Å². The molecule has 2 saturated heterocycles. The van der Waals surface area contributed by atoms with Gasteiger partial charge in [0.05, 0.1) is 11.6 Å². The molecule has 30 heavy (non-hydrogen) atoms. The molecule has 1 N–H and O–H groups in total. The van der Waals surface area contributed by atoms with Crippen molar-refractivity contribution in [2.45, 2.75) is 58.0 Å². The number of hydrogen-bond donors (Lipinski definition) is 1. The van der Waals surface area contributed by atoms with Gasteiger partial charge in [0.25, 0.3) is 5.56 Å². The number of aromatic nitrogens is 2. The summed E-state index contributed by atoms with van der Waals surface area (Å²) in [6.45, 7) is 4.19. The molecule has 0 radical (unpaired) electrons. The van der Waals surface area contributed by atoms with E-state index in [1.165, 1.54) is 0 Å². The number of aryl methyl sites for hydroxylation is 2. The Labute approximate surface area is 175 Å². The predicted molar refractivity (Wildman–Crippen MR) is 112 cm³/mol. The van der Waals surface area contributed by atoms with Gasteiger partial charge in [0.15, 0.2) is 0 Å². The predicted octanol–water partition coefficient (Wildman–Crippen LogP) is 1.90. The van der Waals surface area contributed by atoms with Crippen LogP contribution in [0.15, 0.2) is 29.1 Å². The number of aromatic amines is 1. The van der Waals surface area contributed by atoms with Crippen LogP contribution >= 0.6 is 0 Å². The van der Waals surface area contributed by atoms with E-state index in [0.29, 0.717) is 25.2 Å². The van der Waals surface area contributed by atoms with Crippen LogP contribution in [0.2, 0.25) is 0 Å². The minimum Gasteiger partial charge on any atom is -0.336 e. The second-order valence-electron chi connectivity index (χ2n) is 8.81. The number of carbonyl (C=O) groups is 2. The van der Waals surface area contributed by atoms with Crippen LogP contribution in [0, 0.1) is 19.8 Å². The number of rotatable bonds is 2. The van der Waals surface area contributed by atoms with E-state index in [1.807, 2.05) is 36.1 Å². The van der Waals surface area contributed by atoms with Crippen molar-refractivity contribution in [3.05, 3.63) is 57.3 Å². The monoisotopic (exact) mass is 406 g/mol. The van der Waals surface area contributed by atoms with Crippen LogP contribution in [0.25, 0.3) is 0 Å². The lowest BCUT2D eigenvalue weighted by atomic mass is 9.98. The molecule has 0 saturated carbocycles. The van der Waals surface area contributed by atoms with E-state index in [-0.39, 0.29) is 41.8 Å². The number of nitrogens with zero attached hydrogens (tertiary/aromatic N) is 3. The van der Waals surface area contributed by atoms with Gasteiger partial charge < -0.3 is 14.8 Å². The maximum absolute atomic E-state index is 13.6. The molecule has 0 aliphatic carbocycles. The van der Waals surface area contributed by atoms with Gasteiger partial charge in [-0.3, -0.25) is 14.4 Å². The molecule has 3 aliphatic rings. The summed E-state index contributed by atoms with van der Waals surface area (Å²) in [6.07, 6.45) is 3.22. The molecule has 4 heterocycles. The van der Waals surface area contributed by atoms with Crippen molar-refractivity contribution < 1.29 is 9.59 Å². The van der Waals surface area contributed by atoms with Gasteiger partial charge in [-0.25, -0.2) is 4.98 Å². The first-order valence-corrected chi connectivity index (χ1v) is 10.7. The third-order valence-electron chi connectivity index (χ3n) is 6.84. The third-order valence-corrected chi connectivity index (χ3v) is 6.84. The molecule has 7 heteroatoms. The lowest BCUT2D eigenvalue weighted by Gasteiger charge is -2.30. The van der Waals surface area contributed by atoms with E-state index in [1.54, 1.807) is 11.8 Å². The van der Waals surface area contributed by atoms with E-state index in [9.17, 15) is 14.4 Å². The van der Waals surface area contributed by atoms with Crippen molar-refractivity contribution in [2.24, 2.45) is 5.92 Å². The Morgan fingerprint density at radius 3 is 2.57 bits per heavy atom. The summed E-state index contributed by atoms with van der Waals surface area (Å²) in [7, 11) is 0. The summed E-state index contributed by atoms with van der Waals surface area (Å²) in [5, 5.41) is 0. The number of anilines is 1. The maximum Gasteiger partial charge on any atom is 0.254 e. The van der Waals surface area contributed by atoms with E-state index in [0.717, 1.165) is 35.3 Å². The van der Waals surface area contributed by atoms with Gasteiger partial charge >= 0.3 is 0 Å². The number of carbonyl (C=O) groups excluding carboxylic acids is 2. The summed E-state index contributed by atoms with van der Waals surface area (Å²) in [4.78, 5) is 49.9.